The van der Waals surface area contributed by atoms with Gasteiger partial charge in [0.25, 0.3) is 0 Å². The Morgan fingerprint density at radius 1 is 1.39 bits per heavy atom. The summed E-state index contributed by atoms with van der Waals surface area (Å²) in [7, 11) is 2.09. The van der Waals surface area contributed by atoms with Gasteiger partial charge in [-0.1, -0.05) is 0 Å². The van der Waals surface area contributed by atoms with Gasteiger partial charge < -0.3 is 15.3 Å². The van der Waals surface area contributed by atoms with E-state index in [0.29, 0.717) is 5.92 Å². The quantitative estimate of drug-likeness (QED) is 0.792. The van der Waals surface area contributed by atoms with Crippen molar-refractivity contribution >= 4 is 5.82 Å². The molecule has 0 bridgehead atoms. The third kappa shape index (κ3) is 3.65. The maximum Gasteiger partial charge on any atom is 0.144 e. The molecule has 1 heterocycles. The molecule has 1 fully saturated rings. The molecular formula is C13H22N4O. The van der Waals surface area contributed by atoms with E-state index < -0.39 is 0 Å². The Morgan fingerprint density at radius 2 is 2.17 bits per heavy atom. The standard InChI is InChI=1S/C13H22N4O/c1-3-14-13-7-15-11(6-16-13)9-17(2)8-10-4-12(18)5-10/h6-7,10,12,18H,3-5,8-9H2,1-2H3,(H,14,16). The summed E-state index contributed by atoms with van der Waals surface area (Å²) < 4.78 is 0. The smallest absolute Gasteiger partial charge is 0.144 e. The van der Waals surface area contributed by atoms with Crippen LogP contribution in [0.4, 0.5) is 5.82 Å². The van der Waals surface area contributed by atoms with Crippen molar-refractivity contribution in [2.24, 2.45) is 5.92 Å². The zero-order chi connectivity index (χ0) is 13.0. The summed E-state index contributed by atoms with van der Waals surface area (Å²) in [6.07, 6.45) is 5.41. The van der Waals surface area contributed by atoms with Gasteiger partial charge in [-0.3, -0.25) is 4.98 Å². The Balaban J connectivity index is 1.77. The van der Waals surface area contributed by atoms with Gasteiger partial charge in [-0.15, -0.1) is 0 Å². The van der Waals surface area contributed by atoms with Crippen LogP contribution >= 0.6 is 0 Å². The molecule has 0 radical (unpaired) electrons. The zero-order valence-corrected chi connectivity index (χ0v) is 11.1. The normalized spacial score (nSPS) is 22.9. The summed E-state index contributed by atoms with van der Waals surface area (Å²) in [5.74, 6) is 1.46. The first-order valence-electron chi connectivity index (χ1n) is 6.58. The number of hydrogen-bond donors (Lipinski definition) is 2. The Labute approximate surface area is 108 Å². The van der Waals surface area contributed by atoms with Crippen molar-refractivity contribution in [1.82, 2.24) is 14.9 Å². The number of aliphatic hydroxyl groups excluding tert-OH is 1. The predicted octanol–water partition coefficient (Wildman–Crippen LogP) is 1.11. The first-order valence-corrected chi connectivity index (χ1v) is 6.58. The molecule has 1 aromatic rings. The molecule has 0 unspecified atom stereocenters. The van der Waals surface area contributed by atoms with Crippen LogP contribution in [0, 0.1) is 5.92 Å². The Bertz CT molecular complexity index is 362. The van der Waals surface area contributed by atoms with Gasteiger partial charge in [0, 0.05) is 19.6 Å². The molecule has 0 saturated heterocycles. The molecule has 1 saturated carbocycles. The van der Waals surface area contributed by atoms with E-state index in [0.717, 1.165) is 44.0 Å². The van der Waals surface area contributed by atoms with E-state index in [1.807, 2.05) is 13.1 Å². The van der Waals surface area contributed by atoms with E-state index in [9.17, 15) is 5.11 Å². The first-order chi connectivity index (χ1) is 8.67. The Hall–Kier alpha value is -1.20. The van der Waals surface area contributed by atoms with Gasteiger partial charge in [-0.25, -0.2) is 4.98 Å². The molecule has 1 aliphatic carbocycles. The number of rotatable bonds is 6. The van der Waals surface area contributed by atoms with Gasteiger partial charge in [0.05, 0.1) is 24.2 Å². The van der Waals surface area contributed by atoms with E-state index in [-0.39, 0.29) is 6.10 Å². The van der Waals surface area contributed by atoms with E-state index >= 15 is 0 Å². The van der Waals surface area contributed by atoms with Crippen LogP contribution < -0.4 is 5.32 Å². The third-order valence-corrected chi connectivity index (χ3v) is 3.28. The monoisotopic (exact) mass is 250 g/mol. The lowest BCUT2D eigenvalue weighted by molar-refractivity contribution is 0.0272. The van der Waals surface area contributed by atoms with Crippen molar-refractivity contribution in [3.8, 4) is 0 Å². The van der Waals surface area contributed by atoms with Crippen molar-refractivity contribution in [2.75, 3.05) is 25.5 Å². The van der Waals surface area contributed by atoms with E-state index in [1.54, 1.807) is 6.20 Å². The highest BCUT2D eigenvalue weighted by Crippen LogP contribution is 2.27. The van der Waals surface area contributed by atoms with Crippen LogP contribution in [0.2, 0.25) is 0 Å². The highest BCUT2D eigenvalue weighted by atomic mass is 16.3. The fourth-order valence-corrected chi connectivity index (χ4v) is 2.34. The van der Waals surface area contributed by atoms with E-state index in [2.05, 4.69) is 27.2 Å². The second-order valence-electron chi connectivity index (χ2n) is 5.11. The van der Waals surface area contributed by atoms with Gasteiger partial charge in [-0.05, 0) is 32.7 Å². The summed E-state index contributed by atoms with van der Waals surface area (Å²) in [6.45, 7) is 4.73. The minimum Gasteiger partial charge on any atom is -0.393 e. The fraction of sp³-hybridized carbons (Fsp3) is 0.692. The van der Waals surface area contributed by atoms with Gasteiger partial charge in [-0.2, -0.15) is 0 Å². The lowest BCUT2D eigenvalue weighted by Crippen LogP contribution is -2.36. The molecule has 2 rings (SSSR count). The maximum absolute atomic E-state index is 9.25. The molecule has 0 amide bonds. The molecular weight excluding hydrogens is 228 g/mol. The average molecular weight is 250 g/mol. The first kappa shape index (κ1) is 13.2. The van der Waals surface area contributed by atoms with E-state index in [1.165, 1.54) is 0 Å². The van der Waals surface area contributed by atoms with Crippen molar-refractivity contribution in [2.45, 2.75) is 32.4 Å². The molecule has 0 spiro atoms. The summed E-state index contributed by atoms with van der Waals surface area (Å²) in [6, 6.07) is 0. The Kier molecular flexibility index (Phi) is 4.49. The van der Waals surface area contributed by atoms with Crippen LogP contribution in [-0.2, 0) is 6.54 Å². The van der Waals surface area contributed by atoms with Gasteiger partial charge in [0.1, 0.15) is 5.82 Å². The lowest BCUT2D eigenvalue weighted by atomic mass is 9.82. The Morgan fingerprint density at radius 3 is 2.72 bits per heavy atom. The maximum atomic E-state index is 9.25. The van der Waals surface area contributed by atoms with E-state index in [4.69, 9.17) is 0 Å². The molecule has 18 heavy (non-hydrogen) atoms. The van der Waals surface area contributed by atoms with Gasteiger partial charge in [0.2, 0.25) is 0 Å². The molecule has 0 aliphatic heterocycles. The average Bonchev–Trinajstić information content (AvgIpc) is 2.30. The molecule has 5 heteroatoms. The molecule has 100 valence electrons. The fourth-order valence-electron chi connectivity index (χ4n) is 2.34. The minimum atomic E-state index is -0.0670. The van der Waals surface area contributed by atoms with Crippen LogP contribution in [0.15, 0.2) is 12.4 Å². The minimum absolute atomic E-state index is 0.0670. The number of anilines is 1. The molecule has 1 aliphatic rings. The van der Waals surface area contributed by atoms with Gasteiger partial charge >= 0.3 is 0 Å². The van der Waals surface area contributed by atoms with Crippen LogP contribution in [0.1, 0.15) is 25.5 Å². The number of aliphatic hydroxyl groups is 1. The van der Waals surface area contributed by atoms with Crippen molar-refractivity contribution in [3.05, 3.63) is 18.1 Å². The summed E-state index contributed by atoms with van der Waals surface area (Å²) >= 11 is 0. The zero-order valence-electron chi connectivity index (χ0n) is 11.1. The molecule has 2 N–H and O–H groups in total. The highest BCUT2D eigenvalue weighted by molar-refractivity contribution is 5.30. The van der Waals surface area contributed by atoms with Crippen molar-refractivity contribution in [1.29, 1.82) is 0 Å². The molecule has 1 aromatic heterocycles. The largest absolute Gasteiger partial charge is 0.393 e. The number of aromatic nitrogens is 2. The van der Waals surface area contributed by atoms with Crippen LogP contribution in [0.3, 0.4) is 0 Å². The number of nitrogens with zero attached hydrogens (tertiary/aromatic N) is 3. The topological polar surface area (TPSA) is 61.3 Å². The highest BCUT2D eigenvalue weighted by Gasteiger charge is 2.27. The van der Waals surface area contributed by atoms with Crippen LogP contribution in [0.25, 0.3) is 0 Å². The molecule has 0 aromatic carbocycles. The molecule has 5 nitrogen and oxygen atoms in total. The summed E-state index contributed by atoms with van der Waals surface area (Å²) in [5, 5.41) is 12.4. The number of nitrogens with one attached hydrogen (secondary N) is 1. The van der Waals surface area contributed by atoms with Crippen LogP contribution in [0.5, 0.6) is 0 Å². The van der Waals surface area contributed by atoms with Crippen molar-refractivity contribution in [3.63, 3.8) is 0 Å². The lowest BCUT2D eigenvalue weighted by Gasteiger charge is -2.34. The second-order valence-corrected chi connectivity index (χ2v) is 5.11. The van der Waals surface area contributed by atoms with Crippen molar-refractivity contribution < 1.29 is 5.11 Å². The SMILES string of the molecule is CCNc1cnc(CN(C)CC2CC(O)C2)cn1. The summed E-state index contributed by atoms with van der Waals surface area (Å²) in [5.41, 5.74) is 0.985. The van der Waals surface area contributed by atoms with Crippen LogP contribution in [-0.4, -0.2) is 46.2 Å². The third-order valence-electron chi connectivity index (χ3n) is 3.28. The van der Waals surface area contributed by atoms with Gasteiger partial charge in [0.15, 0.2) is 0 Å². The predicted molar refractivity (Wildman–Crippen MR) is 71.3 cm³/mol. The molecule has 0 atom stereocenters. The number of hydrogen-bond acceptors (Lipinski definition) is 5. The second kappa shape index (κ2) is 6.11. The summed E-state index contributed by atoms with van der Waals surface area (Å²) in [4.78, 5) is 10.9.